The van der Waals surface area contributed by atoms with Crippen LogP contribution in [-0.4, -0.2) is 44.3 Å². The number of benzene rings is 1. The van der Waals surface area contributed by atoms with Crippen LogP contribution in [0.1, 0.15) is 87.2 Å². The highest BCUT2D eigenvalue weighted by atomic mass is 35.5. The molecule has 11 heteroatoms. The monoisotopic (exact) mass is 697 g/mol. The van der Waals surface area contributed by atoms with E-state index in [1.165, 1.54) is 37.7 Å². The lowest BCUT2D eigenvalue weighted by Crippen LogP contribution is -2.31. The Labute approximate surface area is 297 Å². The molecule has 3 aromatic heterocycles. The number of pyridine rings is 2. The van der Waals surface area contributed by atoms with E-state index in [9.17, 15) is 4.79 Å². The average molecular weight is 698 g/mol. The van der Waals surface area contributed by atoms with Crippen LogP contribution in [0.5, 0.6) is 5.88 Å². The summed E-state index contributed by atoms with van der Waals surface area (Å²) in [5, 5.41) is 12.6. The highest BCUT2D eigenvalue weighted by Crippen LogP contribution is 2.93. The van der Waals surface area contributed by atoms with Crippen molar-refractivity contribution in [2.45, 2.75) is 81.8 Å². The quantitative estimate of drug-likeness (QED) is 0.0899. The van der Waals surface area contributed by atoms with Crippen molar-refractivity contribution in [2.24, 2.45) is 22.7 Å². The first-order valence-corrected chi connectivity index (χ1v) is 18.8. The smallest absolute Gasteiger partial charge is 0.264 e. The maximum absolute atomic E-state index is 13.1. The molecule has 9 nitrogen and oxygen atoms in total. The number of hydrogen-bond donors (Lipinski definition) is 3. The molecule has 0 radical (unpaired) electrons. The van der Waals surface area contributed by atoms with Crippen LogP contribution in [0.15, 0.2) is 78.0 Å². The van der Waals surface area contributed by atoms with E-state index in [-0.39, 0.29) is 28.2 Å². The van der Waals surface area contributed by atoms with Crippen LogP contribution in [0.25, 0.3) is 5.82 Å². The van der Waals surface area contributed by atoms with Crippen molar-refractivity contribution < 1.29 is 9.53 Å². The minimum Gasteiger partial charge on any atom is -0.477 e. The summed E-state index contributed by atoms with van der Waals surface area (Å²) in [6.07, 6.45) is 11.9. The first-order chi connectivity index (χ1) is 23.7. The zero-order valence-corrected chi connectivity index (χ0v) is 29.7. The van der Waals surface area contributed by atoms with E-state index < -0.39 is 0 Å². The third-order valence-corrected chi connectivity index (χ3v) is 12.4. The van der Waals surface area contributed by atoms with Crippen molar-refractivity contribution in [1.82, 2.24) is 29.8 Å². The van der Waals surface area contributed by atoms with Gasteiger partial charge in [0.15, 0.2) is 5.82 Å². The average Bonchev–Trinajstić information content (AvgIpc) is 4.05. The van der Waals surface area contributed by atoms with Crippen molar-refractivity contribution in [2.75, 3.05) is 18.5 Å². The van der Waals surface area contributed by atoms with Gasteiger partial charge in [-0.25, -0.2) is 14.6 Å². The number of anilines is 1. The van der Waals surface area contributed by atoms with Gasteiger partial charge >= 0.3 is 0 Å². The molecule has 49 heavy (non-hydrogen) atoms. The number of aromatic nitrogens is 4. The molecular weight excluding hydrogens is 654 g/mol. The van der Waals surface area contributed by atoms with Gasteiger partial charge in [0.05, 0.1) is 18.2 Å². The van der Waals surface area contributed by atoms with Crippen LogP contribution >= 0.6 is 23.5 Å². The van der Waals surface area contributed by atoms with Gasteiger partial charge in [0.25, 0.3) is 5.91 Å². The molecule has 4 heterocycles. The number of amides is 1. The fourth-order valence-corrected chi connectivity index (χ4v) is 9.49. The molecule has 256 valence electrons. The minimum atomic E-state index is -0.351. The second kappa shape index (κ2) is 12.9. The van der Waals surface area contributed by atoms with E-state index in [2.05, 4.69) is 63.6 Å². The summed E-state index contributed by atoms with van der Waals surface area (Å²) in [5.41, 5.74) is 3.09. The van der Waals surface area contributed by atoms with Gasteiger partial charge in [-0.15, -0.1) is 5.10 Å². The second-order valence-corrected chi connectivity index (χ2v) is 16.2. The standard InChI is InChI=1S/C38H44ClN7O2S/c1-36(2)23-25(24-40-36)11-13-28(26-7-4-3-5-8-26)41-30-9-6-10-33(42-30)49-45-35(47)27-12-14-31(43-34(27)39)46-21-15-32(44-46)48-22-16-29-37(17-18-37)38(29)19-20-38/h3-10,12,14-15,21,25,28-29,40H,11,13,16-20,22-24H2,1-2H3,(H,41,42)(H,45,47). The van der Waals surface area contributed by atoms with E-state index in [1.54, 1.807) is 23.0 Å². The van der Waals surface area contributed by atoms with Crippen LogP contribution in [0.3, 0.4) is 0 Å². The van der Waals surface area contributed by atoms with Crippen molar-refractivity contribution in [3.8, 4) is 11.7 Å². The molecule has 4 aromatic rings. The van der Waals surface area contributed by atoms with E-state index in [0.717, 1.165) is 49.5 Å². The Kier molecular flexibility index (Phi) is 8.61. The third kappa shape index (κ3) is 6.79. The maximum Gasteiger partial charge on any atom is 0.264 e. The van der Waals surface area contributed by atoms with Crippen molar-refractivity contribution in [3.05, 3.63) is 89.2 Å². The van der Waals surface area contributed by atoms with Gasteiger partial charge < -0.3 is 15.4 Å². The van der Waals surface area contributed by atoms with E-state index in [0.29, 0.717) is 40.1 Å². The van der Waals surface area contributed by atoms with Crippen molar-refractivity contribution >= 4 is 35.3 Å². The highest BCUT2D eigenvalue weighted by molar-refractivity contribution is 7.97. The first kappa shape index (κ1) is 32.6. The van der Waals surface area contributed by atoms with Gasteiger partial charge in [-0.1, -0.05) is 48.0 Å². The molecule has 3 saturated carbocycles. The van der Waals surface area contributed by atoms with Crippen LogP contribution in [-0.2, 0) is 0 Å². The predicted molar refractivity (Wildman–Crippen MR) is 193 cm³/mol. The number of carbonyl (C=O) groups is 1. The SMILES string of the molecule is CC1(C)CC(CCC(Nc2cccc(SNC(=O)c3ccc(-n4ccc(OCCC5C6(CC6)C56CC6)n4)nc3Cl)n2)c2ccccc2)CN1. The number of rotatable bonds is 14. The molecule has 1 amide bonds. The number of nitrogens with one attached hydrogen (secondary N) is 3. The van der Waals surface area contributed by atoms with Gasteiger partial charge in [-0.05, 0) is 124 Å². The number of halogens is 1. The number of ether oxygens (including phenoxy) is 1. The molecule has 1 saturated heterocycles. The molecule has 1 aromatic carbocycles. The molecule has 2 spiro atoms. The van der Waals surface area contributed by atoms with Crippen molar-refractivity contribution in [3.63, 3.8) is 0 Å². The number of fused-ring (bicyclic) bond motifs is 1. The summed E-state index contributed by atoms with van der Waals surface area (Å²) in [5.74, 6) is 3.00. The number of carbonyl (C=O) groups excluding carboxylic acids is 1. The Morgan fingerprint density at radius 1 is 1.02 bits per heavy atom. The fourth-order valence-electron chi connectivity index (χ4n) is 8.65. The molecule has 2 unspecified atom stereocenters. The van der Waals surface area contributed by atoms with Crippen LogP contribution in [0, 0.1) is 22.7 Å². The predicted octanol–water partition coefficient (Wildman–Crippen LogP) is 8.03. The van der Waals surface area contributed by atoms with E-state index in [1.807, 2.05) is 30.3 Å². The molecule has 8 rings (SSSR count). The van der Waals surface area contributed by atoms with Gasteiger partial charge in [-0.3, -0.25) is 9.52 Å². The third-order valence-electron chi connectivity index (χ3n) is 11.4. The zero-order chi connectivity index (χ0) is 33.6. The molecule has 3 aliphatic carbocycles. The molecule has 4 aliphatic rings. The minimum absolute atomic E-state index is 0.0988. The summed E-state index contributed by atoms with van der Waals surface area (Å²) in [7, 11) is 0. The summed E-state index contributed by atoms with van der Waals surface area (Å²) in [6, 6.07) is 21.7. The Bertz CT molecular complexity index is 1810. The molecule has 2 atom stereocenters. The highest BCUT2D eigenvalue weighted by Gasteiger charge is 2.85. The summed E-state index contributed by atoms with van der Waals surface area (Å²) in [4.78, 5) is 22.4. The van der Waals surface area contributed by atoms with Crippen LogP contribution in [0.2, 0.25) is 5.15 Å². The van der Waals surface area contributed by atoms with Crippen LogP contribution in [0.4, 0.5) is 5.82 Å². The maximum atomic E-state index is 13.1. The molecule has 1 aliphatic heterocycles. The Morgan fingerprint density at radius 3 is 2.53 bits per heavy atom. The fraction of sp³-hybridized carbons (Fsp3) is 0.474. The normalized spacial score (nSPS) is 21.4. The lowest BCUT2D eigenvalue weighted by Gasteiger charge is -2.22. The lowest BCUT2D eigenvalue weighted by atomic mass is 9.91. The topological polar surface area (TPSA) is 106 Å². The Morgan fingerprint density at radius 2 is 1.82 bits per heavy atom. The Balaban J connectivity index is 0.848. The molecule has 0 bridgehead atoms. The largest absolute Gasteiger partial charge is 0.477 e. The number of nitrogens with zero attached hydrogens (tertiary/aromatic N) is 4. The van der Waals surface area contributed by atoms with Crippen LogP contribution < -0.4 is 20.1 Å². The zero-order valence-electron chi connectivity index (χ0n) is 28.1. The lowest BCUT2D eigenvalue weighted by molar-refractivity contribution is 0.0984. The molecular formula is C38H44ClN7O2S. The van der Waals surface area contributed by atoms with Gasteiger partial charge in [0, 0.05) is 29.8 Å². The molecule has 4 fully saturated rings. The van der Waals surface area contributed by atoms with Gasteiger partial charge in [0.2, 0.25) is 5.88 Å². The Hall–Kier alpha value is -3.60. The van der Waals surface area contributed by atoms with Crippen molar-refractivity contribution in [1.29, 1.82) is 0 Å². The first-order valence-electron chi connectivity index (χ1n) is 17.6. The summed E-state index contributed by atoms with van der Waals surface area (Å²) >= 11 is 7.65. The molecule has 3 N–H and O–H groups in total. The van der Waals surface area contributed by atoms with Gasteiger partial charge in [-0.2, -0.15) is 0 Å². The summed E-state index contributed by atoms with van der Waals surface area (Å²) in [6.45, 7) is 6.30. The van der Waals surface area contributed by atoms with E-state index in [4.69, 9.17) is 21.3 Å². The van der Waals surface area contributed by atoms with E-state index >= 15 is 0 Å². The number of hydrogen-bond acceptors (Lipinski definition) is 8. The summed E-state index contributed by atoms with van der Waals surface area (Å²) < 4.78 is 10.5. The second-order valence-electron chi connectivity index (χ2n) is 15.0. The van der Waals surface area contributed by atoms with Gasteiger partial charge in [0.1, 0.15) is 16.0 Å².